The number of hydrazone groups is 1. The third-order valence-corrected chi connectivity index (χ3v) is 5.57. The van der Waals surface area contributed by atoms with Crippen molar-refractivity contribution < 1.29 is 4.74 Å². The number of hydrogen-bond donors (Lipinski definition) is 1. The molecule has 1 aromatic heterocycles. The molecule has 0 saturated heterocycles. The Labute approximate surface area is 190 Å². The summed E-state index contributed by atoms with van der Waals surface area (Å²) in [7, 11) is 0. The van der Waals surface area contributed by atoms with Crippen molar-refractivity contribution in [2.45, 2.75) is 58.8 Å². The van der Waals surface area contributed by atoms with Gasteiger partial charge >= 0.3 is 0 Å². The predicted octanol–water partition coefficient (Wildman–Crippen LogP) is 7.85. The van der Waals surface area contributed by atoms with Crippen LogP contribution in [0.15, 0.2) is 59.8 Å². The lowest BCUT2D eigenvalue weighted by Crippen LogP contribution is -2.01. The minimum Gasteiger partial charge on any atom is -0.494 e. The highest BCUT2D eigenvalue weighted by Gasteiger charge is 2.03. The highest BCUT2D eigenvalue weighted by molar-refractivity contribution is 6.31. The number of aromatic nitrogens is 1. The Morgan fingerprint density at radius 1 is 0.968 bits per heavy atom. The van der Waals surface area contributed by atoms with Crippen LogP contribution in [0.25, 0.3) is 10.9 Å². The predicted molar refractivity (Wildman–Crippen MR) is 133 cm³/mol. The molecule has 2 aromatic carbocycles. The van der Waals surface area contributed by atoms with Crippen LogP contribution in [-0.2, 0) is 0 Å². The molecular weight excluding hydrogens is 406 g/mol. The Balaban J connectivity index is 1.49. The van der Waals surface area contributed by atoms with Crippen LogP contribution in [0.3, 0.4) is 0 Å². The largest absolute Gasteiger partial charge is 0.494 e. The Hall–Kier alpha value is -2.59. The number of ether oxygens (including phenoxy) is 1. The van der Waals surface area contributed by atoms with E-state index in [9.17, 15) is 0 Å². The van der Waals surface area contributed by atoms with Gasteiger partial charge in [-0.05, 0) is 67.4 Å². The molecule has 0 aliphatic carbocycles. The van der Waals surface area contributed by atoms with Gasteiger partial charge in [0, 0.05) is 16.6 Å². The second kappa shape index (κ2) is 12.3. The molecule has 31 heavy (non-hydrogen) atoms. The van der Waals surface area contributed by atoms with Crippen LogP contribution in [0.1, 0.15) is 64.4 Å². The summed E-state index contributed by atoms with van der Waals surface area (Å²) in [5.41, 5.74) is 6.85. The molecule has 1 N–H and O–H groups in total. The van der Waals surface area contributed by atoms with Crippen LogP contribution in [0.5, 0.6) is 5.75 Å². The molecule has 0 radical (unpaired) electrons. The maximum atomic E-state index is 6.06. The fourth-order valence-corrected chi connectivity index (χ4v) is 3.64. The first-order chi connectivity index (χ1) is 15.2. The van der Waals surface area contributed by atoms with Crippen molar-refractivity contribution in [2.75, 3.05) is 12.0 Å². The summed E-state index contributed by atoms with van der Waals surface area (Å²) >= 11 is 6.06. The second-order valence-corrected chi connectivity index (χ2v) is 8.26. The van der Waals surface area contributed by atoms with Crippen LogP contribution >= 0.6 is 11.6 Å². The van der Waals surface area contributed by atoms with Gasteiger partial charge in [-0.15, -0.1) is 0 Å². The summed E-state index contributed by atoms with van der Waals surface area (Å²) in [4.78, 5) is 4.36. The standard InChI is InChI=1S/C26H32ClN3O/c1-3-4-5-6-7-8-9-18-31-23-13-10-21(11-14-23)20(2)29-30-25-16-17-28-26-19-22(27)12-15-24(25)26/h10-17,19H,3-9,18H2,1-2H3,(H,28,30)/b29-20-. The number of halogens is 1. The van der Waals surface area contributed by atoms with Crippen molar-refractivity contribution in [3.8, 4) is 5.75 Å². The zero-order valence-corrected chi connectivity index (χ0v) is 19.3. The highest BCUT2D eigenvalue weighted by atomic mass is 35.5. The van der Waals surface area contributed by atoms with E-state index in [0.717, 1.165) is 46.6 Å². The molecule has 164 valence electrons. The molecule has 4 nitrogen and oxygen atoms in total. The smallest absolute Gasteiger partial charge is 0.119 e. The number of fused-ring (bicyclic) bond motifs is 1. The van der Waals surface area contributed by atoms with Crippen molar-refractivity contribution in [1.82, 2.24) is 4.98 Å². The number of pyridine rings is 1. The monoisotopic (exact) mass is 437 g/mol. The number of unbranched alkanes of at least 4 members (excludes halogenated alkanes) is 6. The molecule has 0 amide bonds. The summed E-state index contributed by atoms with van der Waals surface area (Å²) in [5, 5.41) is 6.21. The average Bonchev–Trinajstić information content (AvgIpc) is 2.79. The Morgan fingerprint density at radius 3 is 2.48 bits per heavy atom. The number of hydrogen-bond acceptors (Lipinski definition) is 4. The molecule has 0 unspecified atom stereocenters. The molecule has 1 heterocycles. The third kappa shape index (κ3) is 7.25. The van der Waals surface area contributed by atoms with Gasteiger partial charge in [-0.3, -0.25) is 10.4 Å². The van der Waals surface area contributed by atoms with Crippen LogP contribution in [0.2, 0.25) is 5.02 Å². The lowest BCUT2D eigenvalue weighted by atomic mass is 10.1. The first kappa shape index (κ1) is 23.1. The molecule has 0 spiro atoms. The normalized spacial score (nSPS) is 11.6. The van der Waals surface area contributed by atoms with Crippen molar-refractivity contribution in [3.63, 3.8) is 0 Å². The maximum Gasteiger partial charge on any atom is 0.119 e. The first-order valence-corrected chi connectivity index (χ1v) is 11.6. The summed E-state index contributed by atoms with van der Waals surface area (Å²) in [6.07, 6.45) is 10.8. The topological polar surface area (TPSA) is 46.5 Å². The highest BCUT2D eigenvalue weighted by Crippen LogP contribution is 2.24. The van der Waals surface area contributed by atoms with E-state index >= 15 is 0 Å². The van der Waals surface area contributed by atoms with Crippen LogP contribution in [0.4, 0.5) is 5.69 Å². The zero-order valence-electron chi connectivity index (χ0n) is 18.5. The van der Waals surface area contributed by atoms with E-state index in [1.54, 1.807) is 6.20 Å². The molecular formula is C26H32ClN3O. The van der Waals surface area contributed by atoms with Crippen LogP contribution in [0, 0.1) is 0 Å². The number of nitrogens with zero attached hydrogens (tertiary/aromatic N) is 2. The van der Waals surface area contributed by atoms with Gasteiger partial charge in [-0.2, -0.15) is 5.10 Å². The van der Waals surface area contributed by atoms with Crippen molar-refractivity contribution in [1.29, 1.82) is 0 Å². The third-order valence-electron chi connectivity index (χ3n) is 5.34. The lowest BCUT2D eigenvalue weighted by molar-refractivity contribution is 0.304. The SMILES string of the molecule is CCCCCCCCCOc1ccc(/C(C)=N\Nc2ccnc3cc(Cl)ccc23)cc1. The fourth-order valence-electron chi connectivity index (χ4n) is 3.47. The van der Waals surface area contributed by atoms with Gasteiger partial charge in [0.25, 0.3) is 0 Å². The number of rotatable bonds is 12. The summed E-state index contributed by atoms with van der Waals surface area (Å²) in [6.45, 7) is 5.02. The second-order valence-electron chi connectivity index (χ2n) is 7.82. The summed E-state index contributed by atoms with van der Waals surface area (Å²) in [6, 6.07) is 15.7. The number of benzene rings is 2. The average molecular weight is 438 g/mol. The van der Waals surface area contributed by atoms with Gasteiger partial charge in [0.15, 0.2) is 0 Å². The molecule has 0 aliphatic heterocycles. The van der Waals surface area contributed by atoms with E-state index < -0.39 is 0 Å². The van der Waals surface area contributed by atoms with Gasteiger partial charge < -0.3 is 4.74 Å². The van der Waals surface area contributed by atoms with E-state index in [4.69, 9.17) is 16.3 Å². The van der Waals surface area contributed by atoms with Crippen molar-refractivity contribution >= 4 is 33.9 Å². The molecule has 5 heteroatoms. The minimum absolute atomic E-state index is 0.672. The van der Waals surface area contributed by atoms with Crippen LogP contribution < -0.4 is 10.2 Å². The van der Waals surface area contributed by atoms with E-state index in [1.807, 2.05) is 55.5 Å². The zero-order chi connectivity index (χ0) is 21.9. The van der Waals surface area contributed by atoms with Crippen molar-refractivity contribution in [3.05, 3.63) is 65.3 Å². The fraction of sp³-hybridized carbons (Fsp3) is 0.385. The van der Waals surface area contributed by atoms with Crippen LogP contribution in [-0.4, -0.2) is 17.3 Å². The van der Waals surface area contributed by atoms with E-state index in [2.05, 4.69) is 22.4 Å². The van der Waals surface area contributed by atoms with Gasteiger partial charge in [0.2, 0.25) is 0 Å². The van der Waals surface area contributed by atoms with Gasteiger partial charge in [0.05, 0.1) is 23.5 Å². The molecule has 0 atom stereocenters. The molecule has 0 saturated carbocycles. The minimum atomic E-state index is 0.672. The molecule has 3 aromatic rings. The van der Waals surface area contributed by atoms with Gasteiger partial charge in [0.1, 0.15) is 5.75 Å². The Bertz CT molecular complexity index is 986. The quantitative estimate of drug-likeness (QED) is 0.178. The Morgan fingerprint density at radius 2 is 1.71 bits per heavy atom. The van der Waals surface area contributed by atoms with Crippen molar-refractivity contribution in [2.24, 2.45) is 5.10 Å². The summed E-state index contributed by atoms with van der Waals surface area (Å²) in [5.74, 6) is 0.910. The lowest BCUT2D eigenvalue weighted by Gasteiger charge is -2.09. The first-order valence-electron chi connectivity index (χ1n) is 11.2. The molecule has 0 bridgehead atoms. The Kier molecular flexibility index (Phi) is 9.16. The molecule has 0 fully saturated rings. The maximum absolute atomic E-state index is 6.06. The van der Waals surface area contributed by atoms with Gasteiger partial charge in [-0.1, -0.05) is 57.0 Å². The molecule has 3 rings (SSSR count). The molecule has 0 aliphatic rings. The number of anilines is 1. The summed E-state index contributed by atoms with van der Waals surface area (Å²) < 4.78 is 5.88. The number of nitrogens with one attached hydrogen (secondary N) is 1. The van der Waals surface area contributed by atoms with E-state index in [-0.39, 0.29) is 0 Å². The van der Waals surface area contributed by atoms with Gasteiger partial charge in [-0.25, -0.2) is 0 Å². The van der Waals surface area contributed by atoms with E-state index in [0.29, 0.717) is 5.02 Å². The van der Waals surface area contributed by atoms with E-state index in [1.165, 1.54) is 38.5 Å².